The molecule has 2 aromatic rings. The van der Waals surface area contributed by atoms with E-state index in [9.17, 15) is 17.6 Å². The van der Waals surface area contributed by atoms with E-state index in [1.807, 2.05) is 0 Å². The number of hydrazone groups is 1. The number of anilines is 1. The first-order chi connectivity index (χ1) is 10.1. The van der Waals surface area contributed by atoms with E-state index in [1.165, 1.54) is 30.5 Å². The smallest absolute Gasteiger partial charge is 0.387 e. The summed E-state index contributed by atoms with van der Waals surface area (Å²) in [5, 5.41) is 3.71. The number of hydrogen-bond acceptors (Lipinski definition) is 3. The highest BCUT2D eigenvalue weighted by molar-refractivity contribution is 5.84. The molecule has 0 heterocycles. The largest absolute Gasteiger partial charge is 0.434 e. The molecule has 2 rings (SSSR count). The summed E-state index contributed by atoms with van der Waals surface area (Å²) in [5.41, 5.74) is 2.60. The van der Waals surface area contributed by atoms with Crippen LogP contribution in [-0.4, -0.2) is 12.8 Å². The van der Waals surface area contributed by atoms with Gasteiger partial charge in [-0.25, -0.2) is 8.78 Å². The van der Waals surface area contributed by atoms with E-state index in [0.29, 0.717) is 6.07 Å². The minimum atomic E-state index is -2.96. The molecule has 0 saturated heterocycles. The van der Waals surface area contributed by atoms with Gasteiger partial charge in [0.15, 0.2) is 5.82 Å². The fourth-order valence-electron chi connectivity index (χ4n) is 1.54. The highest BCUT2D eigenvalue weighted by atomic mass is 19.3. The number of nitrogens with zero attached hydrogens (tertiary/aromatic N) is 1. The monoisotopic (exact) mass is 298 g/mol. The van der Waals surface area contributed by atoms with Crippen molar-refractivity contribution >= 4 is 11.9 Å². The van der Waals surface area contributed by atoms with Gasteiger partial charge in [0.25, 0.3) is 0 Å². The van der Waals surface area contributed by atoms with Crippen molar-refractivity contribution < 1.29 is 22.3 Å². The summed E-state index contributed by atoms with van der Waals surface area (Å²) in [4.78, 5) is 0. The molecular formula is C14H10F4N2O. The lowest BCUT2D eigenvalue weighted by Gasteiger charge is -2.07. The number of alkyl halides is 2. The molecule has 0 spiro atoms. The first-order valence-corrected chi connectivity index (χ1v) is 5.84. The van der Waals surface area contributed by atoms with Crippen LogP contribution in [0.1, 0.15) is 5.56 Å². The van der Waals surface area contributed by atoms with Crippen LogP contribution in [0.5, 0.6) is 5.75 Å². The number of hydrogen-bond donors (Lipinski definition) is 1. The summed E-state index contributed by atoms with van der Waals surface area (Å²) in [7, 11) is 0. The SMILES string of the molecule is Fc1ccc(N/N=C/c2ccccc2OC(F)F)c(F)c1. The van der Waals surface area contributed by atoms with E-state index < -0.39 is 18.2 Å². The van der Waals surface area contributed by atoms with Crippen molar-refractivity contribution in [3.8, 4) is 5.75 Å². The zero-order valence-electron chi connectivity index (χ0n) is 10.6. The van der Waals surface area contributed by atoms with Crippen LogP contribution in [-0.2, 0) is 0 Å². The van der Waals surface area contributed by atoms with Crippen molar-refractivity contribution in [3.05, 3.63) is 59.7 Å². The van der Waals surface area contributed by atoms with Gasteiger partial charge in [0.2, 0.25) is 0 Å². The molecular weight excluding hydrogens is 288 g/mol. The number of para-hydroxylation sites is 1. The Morgan fingerprint density at radius 3 is 2.57 bits per heavy atom. The Labute approximate surface area is 117 Å². The summed E-state index contributed by atoms with van der Waals surface area (Å²) in [6.07, 6.45) is 1.19. The lowest BCUT2D eigenvalue weighted by Crippen LogP contribution is -2.04. The van der Waals surface area contributed by atoms with Gasteiger partial charge in [-0.1, -0.05) is 12.1 Å². The van der Waals surface area contributed by atoms with Crippen LogP contribution < -0.4 is 10.2 Å². The van der Waals surface area contributed by atoms with Gasteiger partial charge >= 0.3 is 6.61 Å². The quantitative estimate of drug-likeness (QED) is 0.514. The predicted molar refractivity (Wildman–Crippen MR) is 70.6 cm³/mol. The Morgan fingerprint density at radius 1 is 1.10 bits per heavy atom. The van der Waals surface area contributed by atoms with E-state index in [1.54, 1.807) is 6.07 Å². The van der Waals surface area contributed by atoms with Crippen LogP contribution in [0, 0.1) is 11.6 Å². The van der Waals surface area contributed by atoms with E-state index in [4.69, 9.17) is 0 Å². The van der Waals surface area contributed by atoms with Crippen molar-refractivity contribution in [1.29, 1.82) is 0 Å². The van der Waals surface area contributed by atoms with Gasteiger partial charge in [0.05, 0.1) is 11.9 Å². The van der Waals surface area contributed by atoms with E-state index in [2.05, 4.69) is 15.3 Å². The van der Waals surface area contributed by atoms with Crippen LogP contribution in [0.3, 0.4) is 0 Å². The van der Waals surface area contributed by atoms with Crippen molar-refractivity contribution in [2.75, 3.05) is 5.43 Å². The standard InChI is InChI=1S/C14H10F4N2O/c15-10-5-6-12(11(16)7-10)20-19-8-9-3-1-2-4-13(9)21-14(17)18/h1-8,14,20H/b19-8+. The minimum Gasteiger partial charge on any atom is -0.434 e. The highest BCUT2D eigenvalue weighted by Crippen LogP contribution is 2.19. The van der Waals surface area contributed by atoms with Crippen LogP contribution in [0.15, 0.2) is 47.6 Å². The molecule has 0 aliphatic carbocycles. The Hall–Kier alpha value is -2.57. The van der Waals surface area contributed by atoms with Gasteiger partial charge in [-0.15, -0.1) is 0 Å². The zero-order chi connectivity index (χ0) is 15.2. The number of ether oxygens (including phenoxy) is 1. The topological polar surface area (TPSA) is 33.6 Å². The maximum atomic E-state index is 13.3. The van der Waals surface area contributed by atoms with E-state index >= 15 is 0 Å². The second kappa shape index (κ2) is 6.74. The third-order valence-corrected chi connectivity index (χ3v) is 2.45. The number of halogens is 4. The molecule has 2 aromatic carbocycles. The second-order valence-corrected chi connectivity index (χ2v) is 3.91. The fourth-order valence-corrected chi connectivity index (χ4v) is 1.54. The Balaban J connectivity index is 2.11. The van der Waals surface area contributed by atoms with Gasteiger partial charge in [0.1, 0.15) is 11.6 Å². The maximum Gasteiger partial charge on any atom is 0.387 e. The first-order valence-electron chi connectivity index (χ1n) is 5.84. The average Bonchev–Trinajstić information content (AvgIpc) is 2.42. The molecule has 0 radical (unpaired) electrons. The van der Waals surface area contributed by atoms with Crippen LogP contribution >= 0.6 is 0 Å². The normalized spacial score (nSPS) is 11.1. The molecule has 0 aromatic heterocycles. The van der Waals surface area contributed by atoms with Gasteiger partial charge < -0.3 is 4.74 Å². The molecule has 0 saturated carbocycles. The van der Waals surface area contributed by atoms with E-state index in [0.717, 1.165) is 6.07 Å². The first kappa shape index (κ1) is 14.8. The van der Waals surface area contributed by atoms with Crippen molar-refractivity contribution in [2.24, 2.45) is 5.10 Å². The van der Waals surface area contributed by atoms with Crippen molar-refractivity contribution in [1.82, 2.24) is 0 Å². The second-order valence-electron chi connectivity index (χ2n) is 3.91. The van der Waals surface area contributed by atoms with Crippen LogP contribution in [0.4, 0.5) is 23.2 Å². The summed E-state index contributed by atoms with van der Waals surface area (Å²) in [6.45, 7) is -2.96. The minimum absolute atomic E-state index is 0.0418. The van der Waals surface area contributed by atoms with Gasteiger partial charge in [-0.05, 0) is 24.3 Å². The van der Waals surface area contributed by atoms with Crippen LogP contribution in [0.25, 0.3) is 0 Å². The molecule has 0 aliphatic rings. The molecule has 0 unspecified atom stereocenters. The Kier molecular flexibility index (Phi) is 4.76. The maximum absolute atomic E-state index is 13.3. The average molecular weight is 298 g/mol. The van der Waals surface area contributed by atoms with Crippen molar-refractivity contribution in [3.63, 3.8) is 0 Å². The fraction of sp³-hybridized carbons (Fsp3) is 0.0714. The van der Waals surface area contributed by atoms with E-state index in [-0.39, 0.29) is 17.0 Å². The molecule has 0 atom stereocenters. The molecule has 0 bridgehead atoms. The molecule has 110 valence electrons. The van der Waals surface area contributed by atoms with Gasteiger partial charge in [-0.2, -0.15) is 13.9 Å². The Bertz CT molecular complexity index is 647. The highest BCUT2D eigenvalue weighted by Gasteiger charge is 2.07. The summed E-state index contributed by atoms with van der Waals surface area (Å²) in [5.74, 6) is -1.58. The molecule has 3 nitrogen and oxygen atoms in total. The lowest BCUT2D eigenvalue weighted by atomic mass is 10.2. The van der Waals surface area contributed by atoms with Gasteiger partial charge in [-0.3, -0.25) is 5.43 Å². The molecule has 0 amide bonds. The summed E-state index contributed by atoms with van der Waals surface area (Å²) in [6, 6.07) is 8.93. The molecule has 7 heteroatoms. The van der Waals surface area contributed by atoms with Crippen LogP contribution in [0.2, 0.25) is 0 Å². The summed E-state index contributed by atoms with van der Waals surface area (Å²) >= 11 is 0. The number of nitrogens with one attached hydrogen (secondary N) is 1. The molecule has 1 N–H and O–H groups in total. The molecule has 0 fully saturated rings. The molecule has 21 heavy (non-hydrogen) atoms. The third-order valence-electron chi connectivity index (χ3n) is 2.45. The zero-order valence-corrected chi connectivity index (χ0v) is 10.6. The lowest BCUT2D eigenvalue weighted by molar-refractivity contribution is -0.0499. The predicted octanol–water partition coefficient (Wildman–Crippen LogP) is 4.01. The molecule has 0 aliphatic heterocycles. The number of benzene rings is 2. The van der Waals surface area contributed by atoms with Gasteiger partial charge in [0, 0.05) is 11.6 Å². The van der Waals surface area contributed by atoms with Crippen molar-refractivity contribution in [2.45, 2.75) is 6.61 Å². The third kappa shape index (κ3) is 4.20. The summed E-state index contributed by atoms with van der Waals surface area (Å²) < 4.78 is 54.8. The Morgan fingerprint density at radius 2 is 1.86 bits per heavy atom. The number of rotatable bonds is 5.